The number of carbonyl (C=O) groups is 1. The normalized spacial score (nSPS) is 12.0. The van der Waals surface area contributed by atoms with Crippen LogP contribution >= 0.6 is 12.4 Å². The maximum atomic E-state index is 12.5. The Morgan fingerprint density at radius 2 is 1.83 bits per heavy atom. The molecule has 0 saturated heterocycles. The number of amides is 1. The maximum Gasteiger partial charge on any atom is 0.274 e. The molecule has 2 rings (SSSR count). The molecule has 0 fully saturated rings. The average Bonchev–Trinajstić information content (AvgIpc) is 2.54. The van der Waals surface area contributed by atoms with E-state index in [1.54, 1.807) is 18.2 Å². The number of nitrogens with zero attached hydrogens (tertiary/aromatic N) is 2. The quantitative estimate of drug-likeness (QED) is 0.831. The Kier molecular flexibility index (Phi) is 7.38. The summed E-state index contributed by atoms with van der Waals surface area (Å²) in [5.41, 5.74) is 0.138. The van der Waals surface area contributed by atoms with Crippen LogP contribution < -0.4 is 16.2 Å². The van der Waals surface area contributed by atoms with Gasteiger partial charge in [0.2, 0.25) is 0 Å². The highest BCUT2D eigenvalue weighted by atomic mass is 35.5. The van der Waals surface area contributed by atoms with E-state index in [9.17, 15) is 9.59 Å². The molecule has 7 heteroatoms. The number of halogens is 1. The molecule has 2 N–H and O–H groups in total. The van der Waals surface area contributed by atoms with Gasteiger partial charge in [0.15, 0.2) is 5.69 Å². The summed E-state index contributed by atoms with van der Waals surface area (Å²) in [4.78, 5) is 25.0. The van der Waals surface area contributed by atoms with E-state index >= 15 is 0 Å². The Balaban J connectivity index is 0.00000288. The van der Waals surface area contributed by atoms with Crippen LogP contribution in [0.3, 0.4) is 0 Å². The number of hydrogen-bond acceptors (Lipinski definition) is 4. The Bertz CT molecular complexity index is 758. The van der Waals surface area contributed by atoms with Gasteiger partial charge in [0.05, 0.1) is 5.39 Å². The number of rotatable bonds is 6. The molecule has 0 spiro atoms. The van der Waals surface area contributed by atoms with Crippen molar-refractivity contribution >= 4 is 29.1 Å². The zero-order chi connectivity index (χ0) is 17.0. The summed E-state index contributed by atoms with van der Waals surface area (Å²) in [6.07, 6.45) is 0. The standard InChI is InChI=1S/C17H24N4O2.ClH/c1-11(2)10-21-17(23)14-8-6-5-7-13(14)15(20-21)16(22)19-9-12(3)18-4;/h5-8,11-12,18H,9-10H2,1-4H3,(H,19,22);1H. The lowest BCUT2D eigenvalue weighted by molar-refractivity contribution is 0.0944. The summed E-state index contributed by atoms with van der Waals surface area (Å²) in [5.74, 6) is 0.00222. The van der Waals surface area contributed by atoms with Gasteiger partial charge in [-0.25, -0.2) is 4.68 Å². The molecular weight excluding hydrogens is 328 g/mol. The predicted molar refractivity (Wildman–Crippen MR) is 98.9 cm³/mol. The van der Waals surface area contributed by atoms with Gasteiger partial charge in [-0.1, -0.05) is 32.0 Å². The van der Waals surface area contributed by atoms with Crippen LogP contribution in [0.5, 0.6) is 0 Å². The Morgan fingerprint density at radius 1 is 1.21 bits per heavy atom. The number of aromatic nitrogens is 2. The number of hydrogen-bond donors (Lipinski definition) is 2. The van der Waals surface area contributed by atoms with Crippen LogP contribution in [-0.2, 0) is 6.54 Å². The highest BCUT2D eigenvalue weighted by molar-refractivity contribution is 6.04. The number of benzene rings is 1. The number of fused-ring (bicyclic) bond motifs is 1. The fourth-order valence-electron chi connectivity index (χ4n) is 2.30. The molecule has 2 aromatic rings. The van der Waals surface area contributed by atoms with E-state index in [2.05, 4.69) is 15.7 Å². The lowest BCUT2D eigenvalue weighted by Crippen LogP contribution is -2.38. The second-order valence-corrected chi connectivity index (χ2v) is 6.18. The first-order chi connectivity index (χ1) is 10.9. The van der Waals surface area contributed by atoms with Gasteiger partial charge in [-0.05, 0) is 26.0 Å². The zero-order valence-electron chi connectivity index (χ0n) is 14.5. The van der Waals surface area contributed by atoms with Gasteiger partial charge < -0.3 is 10.6 Å². The van der Waals surface area contributed by atoms with Gasteiger partial charge in [0, 0.05) is 24.5 Å². The fraction of sp³-hybridized carbons (Fsp3) is 0.471. The Morgan fingerprint density at radius 3 is 2.42 bits per heavy atom. The third kappa shape index (κ3) is 4.55. The van der Waals surface area contributed by atoms with E-state index < -0.39 is 0 Å². The van der Waals surface area contributed by atoms with Crippen molar-refractivity contribution in [3.05, 3.63) is 40.3 Å². The lowest BCUT2D eigenvalue weighted by atomic mass is 10.1. The molecule has 1 amide bonds. The highest BCUT2D eigenvalue weighted by Crippen LogP contribution is 2.13. The van der Waals surface area contributed by atoms with Crippen LogP contribution in [0.15, 0.2) is 29.1 Å². The number of nitrogens with one attached hydrogen (secondary N) is 2. The van der Waals surface area contributed by atoms with Crippen LogP contribution in [0.2, 0.25) is 0 Å². The van der Waals surface area contributed by atoms with Gasteiger partial charge in [-0.3, -0.25) is 9.59 Å². The van der Waals surface area contributed by atoms with Crippen molar-refractivity contribution in [3.8, 4) is 0 Å². The first kappa shape index (κ1) is 20.1. The first-order valence-corrected chi connectivity index (χ1v) is 7.89. The predicted octanol–water partition coefficient (Wildman–Crippen LogP) is 1.81. The minimum Gasteiger partial charge on any atom is -0.349 e. The third-order valence-electron chi connectivity index (χ3n) is 3.68. The van der Waals surface area contributed by atoms with Gasteiger partial charge in [-0.2, -0.15) is 5.10 Å². The molecule has 0 aliphatic heterocycles. The fourth-order valence-corrected chi connectivity index (χ4v) is 2.30. The summed E-state index contributed by atoms with van der Waals surface area (Å²) < 4.78 is 1.39. The van der Waals surface area contributed by atoms with Crippen molar-refractivity contribution in [3.63, 3.8) is 0 Å². The smallest absolute Gasteiger partial charge is 0.274 e. The monoisotopic (exact) mass is 352 g/mol. The van der Waals surface area contributed by atoms with E-state index in [1.165, 1.54) is 4.68 Å². The minimum atomic E-state index is -0.263. The molecule has 1 aromatic carbocycles. The molecule has 0 bridgehead atoms. The number of carbonyl (C=O) groups excluding carboxylic acids is 1. The second kappa shape index (κ2) is 8.80. The van der Waals surface area contributed by atoms with Gasteiger partial charge >= 0.3 is 0 Å². The number of likely N-dealkylation sites (N-methyl/N-ethyl adjacent to an activating group) is 1. The molecule has 24 heavy (non-hydrogen) atoms. The Hall–Kier alpha value is -1.92. The molecule has 1 unspecified atom stereocenters. The topological polar surface area (TPSA) is 76.0 Å². The van der Waals surface area contributed by atoms with Crippen LogP contribution in [0.1, 0.15) is 31.3 Å². The first-order valence-electron chi connectivity index (χ1n) is 7.89. The van der Waals surface area contributed by atoms with Crippen molar-refractivity contribution < 1.29 is 4.79 Å². The Labute approximate surface area is 148 Å². The van der Waals surface area contributed by atoms with Gasteiger partial charge in [-0.15, -0.1) is 12.4 Å². The van der Waals surface area contributed by atoms with Crippen LogP contribution in [0, 0.1) is 5.92 Å². The van der Waals surface area contributed by atoms with E-state index in [4.69, 9.17) is 0 Å². The maximum absolute atomic E-state index is 12.5. The van der Waals surface area contributed by atoms with E-state index in [0.29, 0.717) is 29.6 Å². The molecule has 0 saturated carbocycles. The van der Waals surface area contributed by atoms with E-state index in [1.807, 2.05) is 33.9 Å². The van der Waals surface area contributed by atoms with Crippen molar-refractivity contribution in [1.29, 1.82) is 0 Å². The summed E-state index contributed by atoms with van der Waals surface area (Å²) in [5, 5.41) is 11.4. The van der Waals surface area contributed by atoms with Crippen LogP contribution in [0.25, 0.3) is 10.8 Å². The minimum absolute atomic E-state index is 0. The van der Waals surface area contributed by atoms with Crippen molar-refractivity contribution in [2.75, 3.05) is 13.6 Å². The zero-order valence-corrected chi connectivity index (χ0v) is 15.3. The van der Waals surface area contributed by atoms with Gasteiger partial charge in [0.25, 0.3) is 11.5 Å². The van der Waals surface area contributed by atoms with Crippen LogP contribution in [0.4, 0.5) is 0 Å². The van der Waals surface area contributed by atoms with Crippen LogP contribution in [-0.4, -0.2) is 35.3 Å². The van der Waals surface area contributed by atoms with Crippen molar-refractivity contribution in [1.82, 2.24) is 20.4 Å². The third-order valence-corrected chi connectivity index (χ3v) is 3.68. The highest BCUT2D eigenvalue weighted by Gasteiger charge is 2.17. The molecule has 6 nitrogen and oxygen atoms in total. The average molecular weight is 353 g/mol. The van der Waals surface area contributed by atoms with E-state index in [0.717, 1.165) is 0 Å². The second-order valence-electron chi connectivity index (χ2n) is 6.18. The SMILES string of the molecule is CNC(C)CNC(=O)c1nn(CC(C)C)c(=O)c2ccccc12.Cl. The molecule has 132 valence electrons. The summed E-state index contributed by atoms with van der Waals surface area (Å²) >= 11 is 0. The van der Waals surface area contributed by atoms with Crippen molar-refractivity contribution in [2.24, 2.45) is 5.92 Å². The molecular formula is C17H25ClN4O2. The molecule has 0 aliphatic carbocycles. The summed E-state index contributed by atoms with van der Waals surface area (Å²) in [6, 6.07) is 7.27. The van der Waals surface area contributed by atoms with Crippen molar-refractivity contribution in [2.45, 2.75) is 33.4 Å². The lowest BCUT2D eigenvalue weighted by Gasteiger charge is -2.14. The molecule has 1 aromatic heterocycles. The molecule has 1 atom stereocenters. The largest absolute Gasteiger partial charge is 0.349 e. The molecule has 0 aliphatic rings. The van der Waals surface area contributed by atoms with Gasteiger partial charge in [0.1, 0.15) is 0 Å². The molecule has 1 heterocycles. The summed E-state index contributed by atoms with van der Waals surface area (Å²) in [7, 11) is 1.84. The molecule has 0 radical (unpaired) electrons. The van der Waals surface area contributed by atoms with E-state index in [-0.39, 0.29) is 35.8 Å². The summed E-state index contributed by atoms with van der Waals surface area (Å²) in [6.45, 7) is 6.98.